The molecule has 0 spiro atoms. The first-order chi connectivity index (χ1) is 11.2. The zero-order chi connectivity index (χ0) is 16.2. The van der Waals surface area contributed by atoms with Gasteiger partial charge in [0, 0.05) is 23.2 Å². The van der Waals surface area contributed by atoms with Gasteiger partial charge in [-0.15, -0.1) is 11.6 Å². The quantitative estimate of drug-likeness (QED) is 0.744. The molecule has 0 aliphatic heterocycles. The van der Waals surface area contributed by atoms with Crippen molar-refractivity contribution in [1.82, 2.24) is 4.98 Å². The minimum absolute atomic E-state index is 0.116. The van der Waals surface area contributed by atoms with Gasteiger partial charge >= 0.3 is 0 Å². The highest BCUT2D eigenvalue weighted by atomic mass is 35.5. The number of hydrogen-bond acceptors (Lipinski definition) is 3. The van der Waals surface area contributed by atoms with Crippen molar-refractivity contribution in [2.24, 2.45) is 0 Å². The average molecular weight is 327 g/mol. The average Bonchev–Trinajstić information content (AvgIpc) is 2.60. The molecule has 1 aromatic heterocycles. The molecule has 0 fully saturated rings. The third-order valence-corrected chi connectivity index (χ3v) is 3.87. The van der Waals surface area contributed by atoms with Crippen molar-refractivity contribution in [3.8, 4) is 5.75 Å². The first-order valence-electron chi connectivity index (χ1n) is 7.16. The summed E-state index contributed by atoms with van der Waals surface area (Å²) in [5.74, 6) is -0.134. The zero-order valence-corrected chi connectivity index (χ0v) is 13.1. The van der Waals surface area contributed by atoms with Crippen LogP contribution in [0.3, 0.4) is 0 Å². The fourth-order valence-corrected chi connectivity index (χ4v) is 2.71. The summed E-state index contributed by atoms with van der Waals surface area (Å²) in [5, 5.41) is 11.5. The molecule has 116 valence electrons. The number of halogens is 1. The first kappa shape index (κ1) is 15.3. The number of nitrogens with zero attached hydrogens (tertiary/aromatic N) is 2. The molecule has 1 amide bonds. The van der Waals surface area contributed by atoms with Gasteiger partial charge in [-0.2, -0.15) is 0 Å². The molecule has 4 nitrogen and oxygen atoms in total. The van der Waals surface area contributed by atoms with Crippen molar-refractivity contribution in [2.75, 3.05) is 10.8 Å². The van der Waals surface area contributed by atoms with Gasteiger partial charge in [-0.1, -0.05) is 30.3 Å². The number of alkyl halides is 1. The van der Waals surface area contributed by atoms with E-state index in [-0.39, 0.29) is 17.5 Å². The summed E-state index contributed by atoms with van der Waals surface area (Å²) in [7, 11) is 0. The van der Waals surface area contributed by atoms with Crippen LogP contribution in [0.25, 0.3) is 10.8 Å². The Labute approximate surface area is 139 Å². The summed E-state index contributed by atoms with van der Waals surface area (Å²) in [6, 6.07) is 14.5. The van der Waals surface area contributed by atoms with Gasteiger partial charge in [0.25, 0.3) is 0 Å². The Balaban J connectivity index is 2.10. The number of carbonyl (C=O) groups is 1. The van der Waals surface area contributed by atoms with Crippen LogP contribution in [-0.2, 0) is 11.3 Å². The number of hydrogen-bond donors (Lipinski definition) is 1. The number of pyridine rings is 1. The van der Waals surface area contributed by atoms with E-state index in [2.05, 4.69) is 4.98 Å². The summed E-state index contributed by atoms with van der Waals surface area (Å²) in [4.78, 5) is 18.1. The SMILES string of the molecule is O=C(CCl)N(Cc1cccnc1)c1cccc2c(O)cccc12. The molecule has 3 rings (SSSR count). The van der Waals surface area contributed by atoms with Crippen LogP contribution >= 0.6 is 11.6 Å². The van der Waals surface area contributed by atoms with E-state index >= 15 is 0 Å². The molecule has 0 saturated carbocycles. The molecule has 0 radical (unpaired) electrons. The number of phenolic OH excluding ortho intramolecular Hbond substituents is 1. The molecule has 2 aromatic carbocycles. The summed E-state index contributed by atoms with van der Waals surface area (Å²) >= 11 is 5.79. The van der Waals surface area contributed by atoms with Crippen molar-refractivity contribution in [1.29, 1.82) is 0 Å². The molecule has 0 aliphatic carbocycles. The van der Waals surface area contributed by atoms with Crippen molar-refractivity contribution < 1.29 is 9.90 Å². The molecule has 0 aliphatic rings. The predicted molar refractivity (Wildman–Crippen MR) is 91.8 cm³/mol. The number of anilines is 1. The molecule has 0 unspecified atom stereocenters. The number of phenols is 1. The molecule has 0 saturated heterocycles. The highest BCUT2D eigenvalue weighted by Crippen LogP contribution is 2.32. The fourth-order valence-electron chi connectivity index (χ4n) is 2.57. The molecule has 3 aromatic rings. The standard InChI is InChI=1S/C18H15ClN2O2/c19-10-18(23)21(12-13-4-3-9-20-11-13)16-7-1-6-15-14(16)5-2-8-17(15)22/h1-9,11,22H,10,12H2. The van der Waals surface area contributed by atoms with Crippen LogP contribution in [-0.4, -0.2) is 21.9 Å². The molecule has 1 heterocycles. The normalized spacial score (nSPS) is 10.7. The van der Waals surface area contributed by atoms with E-state index in [1.165, 1.54) is 0 Å². The Kier molecular flexibility index (Phi) is 4.44. The van der Waals surface area contributed by atoms with Crippen LogP contribution in [0.15, 0.2) is 60.9 Å². The van der Waals surface area contributed by atoms with Crippen LogP contribution in [0.2, 0.25) is 0 Å². The number of aromatic hydroxyl groups is 1. The van der Waals surface area contributed by atoms with E-state index in [0.717, 1.165) is 10.9 Å². The fraction of sp³-hybridized carbons (Fsp3) is 0.111. The lowest BCUT2D eigenvalue weighted by Gasteiger charge is -2.23. The first-order valence-corrected chi connectivity index (χ1v) is 7.70. The summed E-state index contributed by atoms with van der Waals surface area (Å²) in [6.07, 6.45) is 3.41. The second-order valence-electron chi connectivity index (χ2n) is 5.12. The zero-order valence-electron chi connectivity index (χ0n) is 12.3. The lowest BCUT2D eigenvalue weighted by molar-refractivity contribution is -0.116. The van der Waals surface area contributed by atoms with Gasteiger partial charge in [0.2, 0.25) is 5.91 Å². The predicted octanol–water partition coefficient (Wildman–Crippen LogP) is 3.71. The van der Waals surface area contributed by atoms with Crippen molar-refractivity contribution in [3.63, 3.8) is 0 Å². The maximum absolute atomic E-state index is 12.4. The highest BCUT2D eigenvalue weighted by Gasteiger charge is 2.18. The summed E-state index contributed by atoms with van der Waals surface area (Å²) in [6.45, 7) is 0.369. The van der Waals surface area contributed by atoms with Crippen LogP contribution in [0.4, 0.5) is 5.69 Å². The summed E-state index contributed by atoms with van der Waals surface area (Å²) < 4.78 is 0. The van der Waals surface area contributed by atoms with E-state index < -0.39 is 0 Å². The smallest absolute Gasteiger partial charge is 0.242 e. The maximum Gasteiger partial charge on any atom is 0.242 e. The molecule has 23 heavy (non-hydrogen) atoms. The van der Waals surface area contributed by atoms with Gasteiger partial charge in [0.05, 0.1) is 12.2 Å². The van der Waals surface area contributed by atoms with E-state index in [9.17, 15) is 9.90 Å². The van der Waals surface area contributed by atoms with Gasteiger partial charge in [-0.3, -0.25) is 9.78 Å². The van der Waals surface area contributed by atoms with Crippen molar-refractivity contribution in [3.05, 3.63) is 66.5 Å². The maximum atomic E-state index is 12.4. The summed E-state index contributed by atoms with van der Waals surface area (Å²) in [5.41, 5.74) is 1.62. The van der Waals surface area contributed by atoms with E-state index in [1.807, 2.05) is 36.4 Å². The second-order valence-corrected chi connectivity index (χ2v) is 5.39. The Hall–Kier alpha value is -2.59. The lowest BCUT2D eigenvalue weighted by atomic mass is 10.1. The van der Waals surface area contributed by atoms with Gasteiger partial charge in [-0.05, 0) is 23.8 Å². The van der Waals surface area contributed by atoms with Gasteiger partial charge in [0.15, 0.2) is 0 Å². The minimum Gasteiger partial charge on any atom is -0.507 e. The number of fused-ring (bicyclic) bond motifs is 1. The molecular weight excluding hydrogens is 312 g/mol. The van der Waals surface area contributed by atoms with E-state index in [1.54, 1.807) is 29.4 Å². The van der Waals surface area contributed by atoms with Crippen molar-refractivity contribution in [2.45, 2.75) is 6.54 Å². The van der Waals surface area contributed by atoms with E-state index in [0.29, 0.717) is 17.6 Å². The number of amides is 1. The number of rotatable bonds is 4. The molecule has 0 atom stereocenters. The Bertz CT molecular complexity index is 837. The van der Waals surface area contributed by atoms with Crippen molar-refractivity contribution >= 4 is 34.0 Å². The Morgan fingerprint density at radius 3 is 2.61 bits per heavy atom. The Morgan fingerprint density at radius 2 is 1.87 bits per heavy atom. The largest absolute Gasteiger partial charge is 0.507 e. The lowest BCUT2D eigenvalue weighted by Crippen LogP contribution is -2.31. The number of carbonyl (C=O) groups excluding carboxylic acids is 1. The van der Waals surface area contributed by atoms with Crippen LogP contribution in [0, 0.1) is 0 Å². The highest BCUT2D eigenvalue weighted by molar-refractivity contribution is 6.29. The molecule has 1 N–H and O–H groups in total. The number of aromatic nitrogens is 1. The van der Waals surface area contributed by atoms with Gasteiger partial charge in [-0.25, -0.2) is 0 Å². The Morgan fingerprint density at radius 1 is 1.09 bits per heavy atom. The number of benzene rings is 2. The van der Waals surface area contributed by atoms with Crippen LogP contribution in [0.1, 0.15) is 5.56 Å². The monoisotopic (exact) mass is 326 g/mol. The van der Waals surface area contributed by atoms with Gasteiger partial charge < -0.3 is 10.0 Å². The van der Waals surface area contributed by atoms with Crippen LogP contribution < -0.4 is 4.90 Å². The van der Waals surface area contributed by atoms with Crippen LogP contribution in [0.5, 0.6) is 5.75 Å². The molecule has 0 bridgehead atoms. The second kappa shape index (κ2) is 6.67. The molecular formula is C18H15ClN2O2. The minimum atomic E-state index is -0.202. The third-order valence-electron chi connectivity index (χ3n) is 3.65. The third kappa shape index (κ3) is 3.12. The van der Waals surface area contributed by atoms with E-state index in [4.69, 9.17) is 11.6 Å². The topological polar surface area (TPSA) is 53.4 Å². The van der Waals surface area contributed by atoms with Gasteiger partial charge in [0.1, 0.15) is 11.6 Å². The molecule has 5 heteroatoms.